The lowest BCUT2D eigenvalue weighted by atomic mass is 10.2. The molecule has 0 spiro atoms. The van der Waals surface area contributed by atoms with Gasteiger partial charge in [0.15, 0.2) is 6.19 Å². The summed E-state index contributed by atoms with van der Waals surface area (Å²) in [4.78, 5) is 0. The monoisotopic (exact) mass is 224 g/mol. The second-order valence-electron chi connectivity index (χ2n) is 3.54. The minimum atomic E-state index is 0.547. The van der Waals surface area contributed by atoms with Crippen molar-refractivity contribution in [3.05, 3.63) is 60.2 Å². The smallest absolute Gasteiger partial charge is 0.181 e. The number of nitrogens with zero attached hydrogens (tertiary/aromatic N) is 1. The van der Waals surface area contributed by atoms with Crippen LogP contribution in [0.5, 0.6) is 5.75 Å². The third-order valence-electron chi connectivity index (χ3n) is 2.30. The van der Waals surface area contributed by atoms with E-state index in [0.29, 0.717) is 6.61 Å². The Balaban J connectivity index is 1.94. The molecule has 2 aromatic rings. The van der Waals surface area contributed by atoms with Gasteiger partial charge in [-0.25, -0.2) is 0 Å². The Bertz CT molecular complexity index is 500. The Labute approximate surface area is 100 Å². The van der Waals surface area contributed by atoms with Gasteiger partial charge >= 0.3 is 0 Å². The van der Waals surface area contributed by atoms with Gasteiger partial charge in [0.05, 0.1) is 0 Å². The number of benzene rings is 2. The third-order valence-corrected chi connectivity index (χ3v) is 2.30. The lowest BCUT2D eigenvalue weighted by molar-refractivity contribution is 0.306. The van der Waals surface area contributed by atoms with Crippen LogP contribution in [0.3, 0.4) is 0 Å². The SMILES string of the molecule is N#CNc1ccc(OCc2ccccc2)cc1. The zero-order valence-corrected chi connectivity index (χ0v) is 9.26. The molecule has 0 aliphatic carbocycles. The van der Waals surface area contributed by atoms with Gasteiger partial charge in [-0.2, -0.15) is 5.26 Å². The largest absolute Gasteiger partial charge is 0.489 e. The summed E-state index contributed by atoms with van der Waals surface area (Å²) in [6.45, 7) is 0.547. The average Bonchev–Trinajstić information content (AvgIpc) is 2.40. The second kappa shape index (κ2) is 5.57. The Hall–Kier alpha value is -2.47. The lowest BCUT2D eigenvalue weighted by Crippen LogP contribution is -1.95. The van der Waals surface area contributed by atoms with Crippen LogP contribution in [-0.4, -0.2) is 0 Å². The molecule has 0 aliphatic heterocycles. The highest BCUT2D eigenvalue weighted by Crippen LogP contribution is 2.16. The number of nitrogens with one attached hydrogen (secondary N) is 1. The standard InChI is InChI=1S/C14H12N2O/c15-11-16-13-6-8-14(9-7-13)17-10-12-4-2-1-3-5-12/h1-9,16H,10H2. The van der Waals surface area contributed by atoms with Crippen molar-refractivity contribution in [2.75, 3.05) is 5.32 Å². The van der Waals surface area contributed by atoms with Crippen LogP contribution in [-0.2, 0) is 6.61 Å². The summed E-state index contributed by atoms with van der Waals surface area (Å²) in [5, 5.41) is 11.0. The van der Waals surface area contributed by atoms with E-state index in [1.165, 1.54) is 0 Å². The number of hydrogen-bond acceptors (Lipinski definition) is 3. The fraction of sp³-hybridized carbons (Fsp3) is 0.0714. The van der Waals surface area contributed by atoms with Crippen LogP contribution in [0.25, 0.3) is 0 Å². The highest BCUT2D eigenvalue weighted by atomic mass is 16.5. The van der Waals surface area contributed by atoms with Crippen molar-refractivity contribution < 1.29 is 4.74 Å². The molecule has 0 aromatic heterocycles. The summed E-state index contributed by atoms with van der Waals surface area (Å²) in [6, 6.07) is 17.3. The fourth-order valence-electron chi connectivity index (χ4n) is 1.44. The van der Waals surface area contributed by atoms with Crippen LogP contribution in [0, 0.1) is 11.5 Å². The molecule has 2 aromatic carbocycles. The number of rotatable bonds is 4. The molecule has 0 saturated carbocycles. The van der Waals surface area contributed by atoms with E-state index in [1.54, 1.807) is 0 Å². The second-order valence-corrected chi connectivity index (χ2v) is 3.54. The average molecular weight is 224 g/mol. The summed E-state index contributed by atoms with van der Waals surface area (Å²) in [6.07, 6.45) is 1.87. The molecule has 84 valence electrons. The molecule has 3 nitrogen and oxygen atoms in total. The van der Waals surface area contributed by atoms with Crippen molar-refractivity contribution in [1.82, 2.24) is 0 Å². The van der Waals surface area contributed by atoms with Gasteiger partial charge in [0.25, 0.3) is 0 Å². The van der Waals surface area contributed by atoms with Gasteiger partial charge in [-0.05, 0) is 29.8 Å². The van der Waals surface area contributed by atoms with Gasteiger partial charge < -0.3 is 4.74 Å². The molecular formula is C14H12N2O. The maximum absolute atomic E-state index is 8.45. The van der Waals surface area contributed by atoms with E-state index in [4.69, 9.17) is 10.00 Å². The Morgan fingerprint density at radius 2 is 1.71 bits per heavy atom. The highest BCUT2D eigenvalue weighted by Gasteiger charge is 1.96. The minimum absolute atomic E-state index is 0.547. The lowest BCUT2D eigenvalue weighted by Gasteiger charge is -2.06. The molecule has 3 heteroatoms. The molecule has 0 amide bonds. The molecule has 1 N–H and O–H groups in total. The van der Waals surface area contributed by atoms with E-state index in [1.807, 2.05) is 60.8 Å². The Kier molecular flexibility index (Phi) is 3.61. The molecule has 0 fully saturated rings. The number of hydrogen-bond donors (Lipinski definition) is 1. The van der Waals surface area contributed by atoms with Crippen LogP contribution in [0.2, 0.25) is 0 Å². The van der Waals surface area contributed by atoms with E-state index in [0.717, 1.165) is 17.0 Å². The van der Waals surface area contributed by atoms with Gasteiger partial charge in [-0.15, -0.1) is 0 Å². The first-order valence-corrected chi connectivity index (χ1v) is 5.30. The van der Waals surface area contributed by atoms with Gasteiger partial charge in [0, 0.05) is 5.69 Å². The van der Waals surface area contributed by atoms with Crippen molar-refractivity contribution in [1.29, 1.82) is 5.26 Å². The van der Waals surface area contributed by atoms with Crippen LogP contribution in [0.1, 0.15) is 5.56 Å². The summed E-state index contributed by atoms with van der Waals surface area (Å²) in [5.41, 5.74) is 1.89. The summed E-state index contributed by atoms with van der Waals surface area (Å²) >= 11 is 0. The maximum atomic E-state index is 8.45. The van der Waals surface area contributed by atoms with Gasteiger partial charge in [-0.1, -0.05) is 30.3 Å². The fourth-order valence-corrected chi connectivity index (χ4v) is 1.44. The van der Waals surface area contributed by atoms with Crippen LogP contribution in [0.15, 0.2) is 54.6 Å². The molecule has 17 heavy (non-hydrogen) atoms. The number of nitriles is 1. The summed E-state index contributed by atoms with van der Waals surface area (Å²) in [7, 11) is 0. The Morgan fingerprint density at radius 3 is 2.35 bits per heavy atom. The molecular weight excluding hydrogens is 212 g/mol. The molecule has 0 atom stereocenters. The van der Waals surface area contributed by atoms with Crippen LogP contribution >= 0.6 is 0 Å². The molecule has 2 rings (SSSR count). The van der Waals surface area contributed by atoms with E-state index >= 15 is 0 Å². The van der Waals surface area contributed by atoms with Crippen molar-refractivity contribution >= 4 is 5.69 Å². The molecule has 0 heterocycles. The topological polar surface area (TPSA) is 45.0 Å². The molecule has 0 saturated heterocycles. The number of ether oxygens (including phenoxy) is 1. The minimum Gasteiger partial charge on any atom is -0.489 e. The number of anilines is 1. The van der Waals surface area contributed by atoms with Crippen molar-refractivity contribution in [2.45, 2.75) is 6.61 Å². The van der Waals surface area contributed by atoms with E-state index in [9.17, 15) is 0 Å². The first-order chi connectivity index (χ1) is 8.38. The maximum Gasteiger partial charge on any atom is 0.181 e. The zero-order chi connectivity index (χ0) is 11.9. The first kappa shape index (κ1) is 11.0. The summed E-state index contributed by atoms with van der Waals surface area (Å²) in [5.74, 6) is 0.789. The van der Waals surface area contributed by atoms with Crippen LogP contribution in [0.4, 0.5) is 5.69 Å². The molecule has 0 unspecified atom stereocenters. The summed E-state index contributed by atoms with van der Waals surface area (Å²) < 4.78 is 5.61. The normalized spacial score (nSPS) is 9.35. The molecule has 0 radical (unpaired) electrons. The zero-order valence-electron chi connectivity index (χ0n) is 9.26. The highest BCUT2D eigenvalue weighted by molar-refractivity contribution is 5.48. The predicted octanol–water partition coefficient (Wildman–Crippen LogP) is 3.16. The van der Waals surface area contributed by atoms with Gasteiger partial charge in [-0.3, -0.25) is 5.32 Å². The predicted molar refractivity (Wildman–Crippen MR) is 66.5 cm³/mol. The van der Waals surface area contributed by atoms with Crippen molar-refractivity contribution in [2.24, 2.45) is 0 Å². The molecule has 0 aliphatic rings. The Morgan fingerprint density at radius 1 is 1.00 bits per heavy atom. The van der Waals surface area contributed by atoms with E-state index < -0.39 is 0 Å². The van der Waals surface area contributed by atoms with Crippen molar-refractivity contribution in [3.63, 3.8) is 0 Å². The van der Waals surface area contributed by atoms with Gasteiger partial charge in [0.1, 0.15) is 12.4 Å². The van der Waals surface area contributed by atoms with Crippen molar-refractivity contribution in [3.8, 4) is 11.9 Å². The quantitative estimate of drug-likeness (QED) is 0.641. The molecule has 0 bridgehead atoms. The van der Waals surface area contributed by atoms with Crippen LogP contribution < -0.4 is 10.1 Å². The third kappa shape index (κ3) is 3.25. The first-order valence-electron chi connectivity index (χ1n) is 5.30. The van der Waals surface area contributed by atoms with E-state index in [-0.39, 0.29) is 0 Å². The van der Waals surface area contributed by atoms with Gasteiger partial charge in [0.2, 0.25) is 0 Å². The van der Waals surface area contributed by atoms with E-state index in [2.05, 4.69) is 5.32 Å².